The molecule has 0 radical (unpaired) electrons. The highest BCUT2D eigenvalue weighted by Gasteiger charge is 2.31. The van der Waals surface area contributed by atoms with Crippen LogP contribution in [-0.4, -0.2) is 11.9 Å². The van der Waals surface area contributed by atoms with E-state index in [1.807, 2.05) is 19.9 Å². The van der Waals surface area contributed by atoms with E-state index in [4.69, 9.17) is 0 Å². The Hall–Kier alpha value is -1.38. The van der Waals surface area contributed by atoms with E-state index in [0.29, 0.717) is 0 Å². The summed E-state index contributed by atoms with van der Waals surface area (Å²) < 4.78 is 4.46. The summed E-state index contributed by atoms with van der Waals surface area (Å²) in [6.45, 7) is 7.74. The maximum absolute atomic E-state index is 11.2. The molecule has 1 aliphatic heterocycles. The third kappa shape index (κ3) is 3.70. The molecule has 15 heavy (non-hydrogen) atoms. The predicted octanol–water partition coefficient (Wildman–Crippen LogP) is 2.38. The zero-order valence-corrected chi connectivity index (χ0v) is 9.21. The fourth-order valence-corrected chi connectivity index (χ4v) is 1.46. The molecule has 1 unspecified atom stereocenters. The fraction of sp³-hybridized carbons (Fsp3) is 0.500. The fourth-order valence-electron chi connectivity index (χ4n) is 1.46. The third-order valence-corrected chi connectivity index (χ3v) is 2.34. The van der Waals surface area contributed by atoms with Crippen molar-refractivity contribution in [2.75, 3.05) is 0 Å². The molecule has 0 aromatic rings. The maximum Gasteiger partial charge on any atom is 0.321 e. The lowest BCUT2D eigenvalue weighted by Crippen LogP contribution is -2.04. The number of hydrogen-bond acceptors (Lipinski definition) is 3. The van der Waals surface area contributed by atoms with Crippen LogP contribution >= 0.6 is 0 Å². The number of carbonyl (C=O) groups excluding carboxylic acids is 2. The van der Waals surface area contributed by atoms with E-state index in [-0.39, 0.29) is 12.3 Å². The maximum atomic E-state index is 11.2. The summed E-state index contributed by atoms with van der Waals surface area (Å²) in [5.74, 6) is -1.22. The zero-order chi connectivity index (χ0) is 11.4. The average Bonchev–Trinajstić information content (AvgIpc) is 2.42. The second kappa shape index (κ2) is 4.91. The third-order valence-electron chi connectivity index (χ3n) is 2.34. The Morgan fingerprint density at radius 3 is 2.60 bits per heavy atom. The first-order valence-corrected chi connectivity index (χ1v) is 5.05. The Morgan fingerprint density at radius 2 is 2.13 bits per heavy atom. The first-order chi connectivity index (χ1) is 6.99. The molecule has 0 spiro atoms. The van der Waals surface area contributed by atoms with Gasteiger partial charge in [-0.2, -0.15) is 0 Å². The van der Waals surface area contributed by atoms with E-state index in [0.717, 1.165) is 24.0 Å². The number of allylic oxidation sites excluding steroid dienone is 2. The molecular formula is C12H16O3. The molecule has 3 heteroatoms. The molecule has 0 N–H and O–H groups in total. The molecule has 1 aliphatic rings. The van der Waals surface area contributed by atoms with Crippen molar-refractivity contribution in [1.29, 1.82) is 0 Å². The first-order valence-electron chi connectivity index (χ1n) is 5.05. The molecule has 0 saturated carbocycles. The predicted molar refractivity (Wildman–Crippen MR) is 57.0 cm³/mol. The quantitative estimate of drug-likeness (QED) is 0.404. The van der Waals surface area contributed by atoms with E-state index >= 15 is 0 Å². The van der Waals surface area contributed by atoms with Gasteiger partial charge in [0.05, 0.1) is 12.3 Å². The van der Waals surface area contributed by atoms with E-state index in [2.05, 4.69) is 11.3 Å². The lowest BCUT2D eigenvalue weighted by Gasteiger charge is -2.03. The molecule has 1 atom stereocenters. The lowest BCUT2D eigenvalue weighted by molar-refractivity contribution is -0.152. The van der Waals surface area contributed by atoms with Crippen LogP contribution in [0.5, 0.6) is 0 Å². The van der Waals surface area contributed by atoms with Crippen molar-refractivity contribution in [2.45, 2.75) is 33.1 Å². The zero-order valence-electron chi connectivity index (χ0n) is 9.21. The number of rotatable bonds is 4. The van der Waals surface area contributed by atoms with Gasteiger partial charge in [0.2, 0.25) is 0 Å². The summed E-state index contributed by atoms with van der Waals surface area (Å²) in [6.07, 6.45) is 3.81. The minimum atomic E-state index is -0.422. The minimum Gasteiger partial charge on any atom is -0.393 e. The Kier molecular flexibility index (Phi) is 3.83. The highest BCUT2D eigenvalue weighted by atomic mass is 16.6. The van der Waals surface area contributed by atoms with Crippen molar-refractivity contribution < 1.29 is 14.3 Å². The molecule has 0 aromatic heterocycles. The molecule has 82 valence electrons. The number of carbonyl (C=O) groups is 2. The normalized spacial score (nSPS) is 21.7. The largest absolute Gasteiger partial charge is 0.393 e. The van der Waals surface area contributed by atoms with Crippen LogP contribution in [0.25, 0.3) is 0 Å². The van der Waals surface area contributed by atoms with Crippen LogP contribution in [0.1, 0.15) is 33.1 Å². The highest BCUT2D eigenvalue weighted by Crippen LogP contribution is 2.20. The molecule has 0 aromatic carbocycles. The SMILES string of the molecule is C=C(C)CC/C(C)=C/C1CC(=O)OC1=O. The van der Waals surface area contributed by atoms with Gasteiger partial charge in [-0.15, -0.1) is 6.58 Å². The summed E-state index contributed by atoms with van der Waals surface area (Å²) in [7, 11) is 0. The summed E-state index contributed by atoms with van der Waals surface area (Å²) in [6, 6.07) is 0. The number of ether oxygens (including phenoxy) is 1. The number of esters is 2. The molecular weight excluding hydrogens is 192 g/mol. The molecule has 0 bridgehead atoms. The van der Waals surface area contributed by atoms with Crippen LogP contribution in [0.2, 0.25) is 0 Å². The molecule has 0 amide bonds. The van der Waals surface area contributed by atoms with Crippen molar-refractivity contribution >= 4 is 11.9 Å². The van der Waals surface area contributed by atoms with Crippen molar-refractivity contribution in [3.8, 4) is 0 Å². The topological polar surface area (TPSA) is 43.4 Å². The van der Waals surface area contributed by atoms with Crippen molar-refractivity contribution in [1.82, 2.24) is 0 Å². The summed E-state index contributed by atoms with van der Waals surface area (Å²) in [5, 5.41) is 0. The van der Waals surface area contributed by atoms with Gasteiger partial charge in [-0.3, -0.25) is 9.59 Å². The lowest BCUT2D eigenvalue weighted by atomic mass is 10.0. The van der Waals surface area contributed by atoms with E-state index in [1.54, 1.807) is 0 Å². The van der Waals surface area contributed by atoms with E-state index in [9.17, 15) is 9.59 Å². The number of hydrogen-bond donors (Lipinski definition) is 0. The summed E-state index contributed by atoms with van der Waals surface area (Å²) in [4.78, 5) is 22.0. The van der Waals surface area contributed by atoms with Gasteiger partial charge in [-0.05, 0) is 26.7 Å². The van der Waals surface area contributed by atoms with Crippen LogP contribution in [0.3, 0.4) is 0 Å². The van der Waals surface area contributed by atoms with Crippen molar-refractivity contribution in [2.24, 2.45) is 5.92 Å². The highest BCUT2D eigenvalue weighted by molar-refractivity contribution is 5.95. The van der Waals surface area contributed by atoms with E-state index < -0.39 is 11.9 Å². The minimum absolute atomic E-state index is 0.184. The Labute approximate surface area is 89.8 Å². The van der Waals surface area contributed by atoms with Gasteiger partial charge in [0, 0.05) is 0 Å². The van der Waals surface area contributed by atoms with Crippen LogP contribution in [-0.2, 0) is 14.3 Å². The van der Waals surface area contributed by atoms with Crippen LogP contribution in [0, 0.1) is 5.92 Å². The van der Waals surface area contributed by atoms with Gasteiger partial charge in [0.1, 0.15) is 0 Å². The van der Waals surface area contributed by atoms with Crippen molar-refractivity contribution in [3.63, 3.8) is 0 Å². The van der Waals surface area contributed by atoms with Gasteiger partial charge in [0.25, 0.3) is 0 Å². The smallest absolute Gasteiger partial charge is 0.321 e. The molecule has 1 rings (SSSR count). The second-order valence-electron chi connectivity index (χ2n) is 4.07. The molecule has 3 nitrogen and oxygen atoms in total. The van der Waals surface area contributed by atoms with Crippen LogP contribution < -0.4 is 0 Å². The Balaban J connectivity index is 2.51. The Morgan fingerprint density at radius 1 is 1.47 bits per heavy atom. The number of cyclic esters (lactones) is 2. The van der Waals surface area contributed by atoms with Crippen molar-refractivity contribution in [3.05, 3.63) is 23.8 Å². The molecule has 1 saturated heterocycles. The Bertz CT molecular complexity index is 326. The van der Waals surface area contributed by atoms with E-state index in [1.165, 1.54) is 0 Å². The van der Waals surface area contributed by atoms with Gasteiger partial charge in [-0.1, -0.05) is 17.2 Å². The molecule has 1 heterocycles. The average molecular weight is 208 g/mol. The monoisotopic (exact) mass is 208 g/mol. The summed E-state index contributed by atoms with van der Waals surface area (Å²) >= 11 is 0. The molecule has 0 aliphatic carbocycles. The van der Waals surface area contributed by atoms with Gasteiger partial charge < -0.3 is 4.74 Å². The van der Waals surface area contributed by atoms with Crippen LogP contribution in [0.15, 0.2) is 23.8 Å². The second-order valence-corrected chi connectivity index (χ2v) is 4.07. The summed E-state index contributed by atoms with van der Waals surface area (Å²) in [5.41, 5.74) is 2.22. The first kappa shape index (κ1) is 11.7. The van der Waals surface area contributed by atoms with Gasteiger partial charge >= 0.3 is 11.9 Å². The molecule has 1 fully saturated rings. The standard InChI is InChI=1S/C12H16O3/c1-8(2)4-5-9(3)6-10-7-11(13)15-12(10)14/h6,10H,1,4-5,7H2,2-3H3/b9-6+. The van der Waals surface area contributed by atoms with Gasteiger partial charge in [0.15, 0.2) is 0 Å². The van der Waals surface area contributed by atoms with Gasteiger partial charge in [-0.25, -0.2) is 0 Å². The van der Waals surface area contributed by atoms with Crippen LogP contribution in [0.4, 0.5) is 0 Å².